The Kier molecular flexibility index (Phi) is 4.14. The molecule has 3 aromatic rings. The summed E-state index contributed by atoms with van der Waals surface area (Å²) in [5.41, 5.74) is 2.55. The first-order valence-electron chi connectivity index (χ1n) is 7.24. The van der Waals surface area contributed by atoms with Crippen molar-refractivity contribution in [2.45, 2.75) is 6.92 Å². The molecule has 6 nitrogen and oxygen atoms in total. The highest BCUT2D eigenvalue weighted by atomic mass is 16.5. The Hall–Kier alpha value is -3.02. The molecule has 0 amide bonds. The van der Waals surface area contributed by atoms with Crippen molar-refractivity contribution < 1.29 is 14.6 Å². The molecule has 0 fully saturated rings. The second kappa shape index (κ2) is 6.39. The van der Waals surface area contributed by atoms with E-state index in [2.05, 4.69) is 10.1 Å². The van der Waals surface area contributed by atoms with E-state index in [0.717, 1.165) is 16.9 Å². The Morgan fingerprint density at radius 3 is 2.48 bits per heavy atom. The molecule has 23 heavy (non-hydrogen) atoms. The smallest absolute Gasteiger partial charge is 0.233 e. The number of phenolic OH excluding ortho intramolecular Hbond substituents is 1. The Balaban J connectivity index is 2.08. The third kappa shape index (κ3) is 3.11. The SMILES string of the molecule is CCOc1cc(-c2ccc(O)cc2)n(-c2ccc(OC)nc2)n1. The number of methoxy groups -OCH3 is 1. The number of benzene rings is 1. The number of hydrogen-bond donors (Lipinski definition) is 1. The molecule has 0 saturated carbocycles. The molecule has 2 heterocycles. The molecule has 0 bridgehead atoms. The van der Waals surface area contributed by atoms with E-state index in [0.29, 0.717) is 18.4 Å². The number of hydrogen-bond acceptors (Lipinski definition) is 5. The molecule has 3 rings (SSSR count). The molecule has 2 aromatic heterocycles. The van der Waals surface area contributed by atoms with Crippen LogP contribution >= 0.6 is 0 Å². The highest BCUT2D eigenvalue weighted by Gasteiger charge is 2.13. The summed E-state index contributed by atoms with van der Waals surface area (Å²) in [5.74, 6) is 1.29. The highest BCUT2D eigenvalue weighted by Crippen LogP contribution is 2.28. The van der Waals surface area contributed by atoms with Gasteiger partial charge in [-0.1, -0.05) is 0 Å². The Bertz CT molecular complexity index is 780. The molecule has 0 aliphatic carbocycles. The number of aromatic hydroxyl groups is 1. The van der Waals surface area contributed by atoms with Crippen molar-refractivity contribution in [1.29, 1.82) is 0 Å². The van der Waals surface area contributed by atoms with Gasteiger partial charge in [-0.25, -0.2) is 9.67 Å². The maximum atomic E-state index is 9.47. The monoisotopic (exact) mass is 311 g/mol. The Morgan fingerprint density at radius 1 is 1.09 bits per heavy atom. The van der Waals surface area contributed by atoms with Crippen LogP contribution in [-0.4, -0.2) is 33.6 Å². The average molecular weight is 311 g/mol. The van der Waals surface area contributed by atoms with Gasteiger partial charge in [-0.3, -0.25) is 0 Å². The number of nitrogens with zero attached hydrogens (tertiary/aromatic N) is 3. The van der Waals surface area contributed by atoms with Gasteiger partial charge in [0.2, 0.25) is 11.8 Å². The van der Waals surface area contributed by atoms with Crippen molar-refractivity contribution in [2.24, 2.45) is 0 Å². The largest absolute Gasteiger partial charge is 0.508 e. The quantitative estimate of drug-likeness (QED) is 0.784. The third-order valence-electron chi connectivity index (χ3n) is 3.32. The summed E-state index contributed by atoms with van der Waals surface area (Å²) in [5, 5.41) is 13.9. The van der Waals surface area contributed by atoms with Gasteiger partial charge in [-0.15, -0.1) is 5.10 Å². The number of ether oxygens (including phenoxy) is 2. The fraction of sp³-hybridized carbons (Fsp3) is 0.176. The predicted molar refractivity (Wildman–Crippen MR) is 86.2 cm³/mol. The third-order valence-corrected chi connectivity index (χ3v) is 3.32. The molecule has 0 unspecified atom stereocenters. The zero-order valence-corrected chi connectivity index (χ0v) is 12.9. The minimum absolute atomic E-state index is 0.218. The normalized spacial score (nSPS) is 10.5. The summed E-state index contributed by atoms with van der Waals surface area (Å²) < 4.78 is 12.3. The maximum absolute atomic E-state index is 9.47. The van der Waals surface area contributed by atoms with Crippen molar-refractivity contribution in [3.63, 3.8) is 0 Å². The van der Waals surface area contributed by atoms with Crippen LogP contribution in [0.4, 0.5) is 0 Å². The lowest BCUT2D eigenvalue weighted by Crippen LogP contribution is -2.01. The van der Waals surface area contributed by atoms with E-state index in [9.17, 15) is 5.11 Å². The van der Waals surface area contributed by atoms with E-state index in [-0.39, 0.29) is 5.75 Å². The molecule has 0 atom stereocenters. The Labute approximate surface area is 133 Å². The molecule has 0 aliphatic rings. The second-order valence-electron chi connectivity index (χ2n) is 4.82. The van der Waals surface area contributed by atoms with Crippen LogP contribution in [0.1, 0.15) is 6.92 Å². The van der Waals surface area contributed by atoms with Crippen molar-refractivity contribution in [2.75, 3.05) is 13.7 Å². The molecule has 0 radical (unpaired) electrons. The summed E-state index contributed by atoms with van der Waals surface area (Å²) in [6, 6.07) is 12.4. The standard InChI is InChI=1S/C17H17N3O3/c1-3-23-17-10-15(12-4-7-14(21)8-5-12)20(19-17)13-6-9-16(22-2)18-11-13/h4-11,21H,3H2,1-2H3. The van der Waals surface area contributed by atoms with Crippen molar-refractivity contribution in [1.82, 2.24) is 14.8 Å². The van der Waals surface area contributed by atoms with Crippen LogP contribution in [0, 0.1) is 0 Å². The molecule has 6 heteroatoms. The highest BCUT2D eigenvalue weighted by molar-refractivity contribution is 5.64. The van der Waals surface area contributed by atoms with E-state index in [1.54, 1.807) is 36.2 Å². The van der Waals surface area contributed by atoms with Gasteiger partial charge < -0.3 is 14.6 Å². The fourth-order valence-corrected chi connectivity index (χ4v) is 2.23. The first-order chi connectivity index (χ1) is 11.2. The molecule has 0 aliphatic heterocycles. The van der Waals surface area contributed by atoms with Gasteiger partial charge in [0.15, 0.2) is 0 Å². The van der Waals surface area contributed by atoms with Gasteiger partial charge >= 0.3 is 0 Å². The number of phenols is 1. The minimum atomic E-state index is 0.218. The van der Waals surface area contributed by atoms with Crippen LogP contribution in [0.15, 0.2) is 48.7 Å². The molecular formula is C17H17N3O3. The van der Waals surface area contributed by atoms with Gasteiger partial charge in [0.05, 0.1) is 31.3 Å². The van der Waals surface area contributed by atoms with Crippen LogP contribution in [0.3, 0.4) is 0 Å². The zero-order valence-electron chi connectivity index (χ0n) is 12.9. The van der Waals surface area contributed by atoms with Gasteiger partial charge in [0.1, 0.15) is 5.75 Å². The summed E-state index contributed by atoms with van der Waals surface area (Å²) >= 11 is 0. The van der Waals surface area contributed by atoms with Gasteiger partial charge in [-0.2, -0.15) is 0 Å². The van der Waals surface area contributed by atoms with Crippen LogP contribution < -0.4 is 9.47 Å². The average Bonchev–Trinajstić information content (AvgIpc) is 3.00. The summed E-state index contributed by atoms with van der Waals surface area (Å²) in [6.07, 6.45) is 1.69. The van der Waals surface area contributed by atoms with Crippen LogP contribution in [-0.2, 0) is 0 Å². The molecule has 0 spiro atoms. The lowest BCUT2D eigenvalue weighted by Gasteiger charge is -2.07. The molecular weight excluding hydrogens is 294 g/mol. The first kappa shape index (κ1) is 14.9. The summed E-state index contributed by atoms with van der Waals surface area (Å²) in [6.45, 7) is 2.45. The molecule has 1 N–H and O–H groups in total. The molecule has 1 aromatic carbocycles. The van der Waals surface area contributed by atoms with Crippen molar-refractivity contribution in [3.05, 3.63) is 48.7 Å². The van der Waals surface area contributed by atoms with Crippen molar-refractivity contribution in [3.8, 4) is 34.5 Å². The fourth-order valence-electron chi connectivity index (χ4n) is 2.23. The van der Waals surface area contributed by atoms with Gasteiger partial charge in [0, 0.05) is 17.7 Å². The Morgan fingerprint density at radius 2 is 1.87 bits per heavy atom. The van der Waals surface area contributed by atoms with E-state index in [1.807, 2.05) is 31.2 Å². The summed E-state index contributed by atoms with van der Waals surface area (Å²) in [7, 11) is 1.57. The topological polar surface area (TPSA) is 69.4 Å². The van der Waals surface area contributed by atoms with Crippen LogP contribution in [0.25, 0.3) is 16.9 Å². The van der Waals surface area contributed by atoms with Crippen molar-refractivity contribution >= 4 is 0 Å². The minimum Gasteiger partial charge on any atom is -0.508 e. The van der Waals surface area contributed by atoms with Crippen LogP contribution in [0.5, 0.6) is 17.5 Å². The maximum Gasteiger partial charge on any atom is 0.233 e. The lowest BCUT2D eigenvalue weighted by molar-refractivity contribution is 0.324. The first-order valence-corrected chi connectivity index (χ1v) is 7.24. The van der Waals surface area contributed by atoms with E-state index >= 15 is 0 Å². The number of pyridine rings is 1. The second-order valence-corrected chi connectivity index (χ2v) is 4.82. The van der Waals surface area contributed by atoms with Crippen LogP contribution in [0.2, 0.25) is 0 Å². The lowest BCUT2D eigenvalue weighted by atomic mass is 10.1. The van der Waals surface area contributed by atoms with Gasteiger partial charge in [-0.05, 0) is 37.3 Å². The zero-order chi connectivity index (χ0) is 16.2. The van der Waals surface area contributed by atoms with Gasteiger partial charge in [0.25, 0.3) is 0 Å². The predicted octanol–water partition coefficient (Wildman–Crippen LogP) is 3.05. The van der Waals surface area contributed by atoms with E-state index in [4.69, 9.17) is 9.47 Å². The molecule has 0 saturated heterocycles. The number of rotatable bonds is 5. The van der Waals surface area contributed by atoms with E-state index < -0.39 is 0 Å². The summed E-state index contributed by atoms with van der Waals surface area (Å²) in [4.78, 5) is 4.21. The molecule has 118 valence electrons. The number of aromatic nitrogens is 3. The van der Waals surface area contributed by atoms with E-state index in [1.165, 1.54) is 0 Å².